The van der Waals surface area contributed by atoms with Crippen LogP contribution in [0.25, 0.3) is 16.3 Å². The van der Waals surface area contributed by atoms with E-state index in [1.54, 1.807) is 31.4 Å². The molecular weight excluding hydrogens is 423 g/mol. The van der Waals surface area contributed by atoms with Gasteiger partial charge in [0.15, 0.2) is 16.3 Å². The van der Waals surface area contributed by atoms with E-state index in [0.717, 1.165) is 5.52 Å². The summed E-state index contributed by atoms with van der Waals surface area (Å²) in [7, 11) is 6.16. The van der Waals surface area contributed by atoms with Crippen LogP contribution in [0, 0.1) is 5.82 Å². The van der Waals surface area contributed by atoms with E-state index in [4.69, 9.17) is 18.9 Å². The second-order valence-electron chi connectivity index (χ2n) is 6.38. The third-order valence-electron chi connectivity index (χ3n) is 4.48. The highest BCUT2D eigenvalue weighted by molar-refractivity contribution is 7.16. The number of ether oxygens (including phenoxy) is 4. The number of carbonyl (C=O) groups excluding carboxylic acids is 1. The monoisotopic (exact) mass is 446 g/mol. The van der Waals surface area contributed by atoms with Gasteiger partial charge in [-0.05, 0) is 42.0 Å². The van der Waals surface area contributed by atoms with Crippen LogP contribution in [0.1, 0.15) is 5.56 Å². The number of hydrogen-bond acceptors (Lipinski definition) is 6. The van der Waals surface area contributed by atoms with Gasteiger partial charge >= 0.3 is 0 Å². The minimum atomic E-state index is -0.452. The molecule has 3 rings (SSSR count). The molecule has 0 unspecified atom stereocenters. The molecule has 1 heterocycles. The molecule has 3 aromatic rings. The van der Waals surface area contributed by atoms with Crippen LogP contribution in [0.15, 0.2) is 41.4 Å². The Bertz CT molecular complexity index is 1160. The van der Waals surface area contributed by atoms with Crippen LogP contribution >= 0.6 is 11.3 Å². The lowest BCUT2D eigenvalue weighted by Crippen LogP contribution is -2.18. The number of aromatic nitrogens is 1. The summed E-state index contributed by atoms with van der Waals surface area (Å²) in [5.41, 5.74) is 1.48. The van der Waals surface area contributed by atoms with Gasteiger partial charge in [0, 0.05) is 19.7 Å². The molecule has 0 bridgehead atoms. The topological polar surface area (TPSA) is 71.3 Å². The van der Waals surface area contributed by atoms with Crippen molar-refractivity contribution in [3.63, 3.8) is 0 Å². The number of rotatable bonds is 8. The van der Waals surface area contributed by atoms with Crippen molar-refractivity contribution in [1.82, 2.24) is 4.57 Å². The van der Waals surface area contributed by atoms with Gasteiger partial charge in [0.1, 0.15) is 5.82 Å². The highest BCUT2D eigenvalue weighted by Crippen LogP contribution is 2.38. The van der Waals surface area contributed by atoms with Gasteiger partial charge in [-0.2, -0.15) is 4.99 Å². The Morgan fingerprint density at radius 3 is 2.42 bits per heavy atom. The second-order valence-corrected chi connectivity index (χ2v) is 7.39. The summed E-state index contributed by atoms with van der Waals surface area (Å²) in [6.45, 7) is 0.927. The molecule has 0 radical (unpaired) electrons. The van der Waals surface area contributed by atoms with Crippen molar-refractivity contribution in [3.05, 3.63) is 52.6 Å². The molecule has 0 aliphatic heterocycles. The van der Waals surface area contributed by atoms with Crippen LogP contribution in [-0.2, 0) is 16.1 Å². The molecule has 0 saturated heterocycles. The Kier molecular flexibility index (Phi) is 7.43. The molecule has 1 amide bonds. The number of thiazole rings is 1. The van der Waals surface area contributed by atoms with E-state index in [1.165, 1.54) is 50.9 Å². The first kappa shape index (κ1) is 22.5. The van der Waals surface area contributed by atoms with Crippen LogP contribution in [0.3, 0.4) is 0 Å². The maximum Gasteiger partial charge on any atom is 0.272 e. The predicted molar refractivity (Wildman–Crippen MR) is 117 cm³/mol. The van der Waals surface area contributed by atoms with Gasteiger partial charge in [-0.1, -0.05) is 11.3 Å². The maximum absolute atomic E-state index is 13.6. The standard InChI is InChI=1S/C22H23FN2O5S/c1-27-10-9-25-16-7-6-15(23)13-19(16)31-22(25)24-20(26)8-5-14-11-17(28-2)21(30-4)18(12-14)29-3/h5-8,11-13H,9-10H2,1-4H3. The molecule has 0 aliphatic carbocycles. The van der Waals surface area contributed by atoms with Gasteiger partial charge in [-0.15, -0.1) is 0 Å². The maximum atomic E-state index is 13.6. The molecule has 0 fully saturated rings. The first-order valence-electron chi connectivity index (χ1n) is 9.35. The molecule has 0 N–H and O–H groups in total. The van der Waals surface area contributed by atoms with Gasteiger partial charge in [0.2, 0.25) is 5.75 Å². The van der Waals surface area contributed by atoms with E-state index in [9.17, 15) is 9.18 Å². The fraction of sp³-hybridized carbons (Fsp3) is 0.273. The summed E-state index contributed by atoms with van der Waals surface area (Å²) in [4.78, 5) is 17.2. The van der Waals surface area contributed by atoms with Crippen molar-refractivity contribution in [2.45, 2.75) is 6.54 Å². The molecule has 1 aromatic heterocycles. The fourth-order valence-corrected chi connectivity index (χ4v) is 4.11. The number of halogens is 1. The number of methoxy groups -OCH3 is 4. The Morgan fingerprint density at radius 1 is 1.10 bits per heavy atom. The number of hydrogen-bond donors (Lipinski definition) is 0. The van der Waals surface area contributed by atoms with Gasteiger partial charge in [0.05, 0.1) is 38.2 Å². The number of nitrogens with zero attached hydrogens (tertiary/aromatic N) is 2. The first-order valence-corrected chi connectivity index (χ1v) is 10.2. The van der Waals surface area contributed by atoms with Gasteiger partial charge in [-0.25, -0.2) is 4.39 Å². The Hall–Kier alpha value is -3.17. The van der Waals surface area contributed by atoms with E-state index in [1.807, 2.05) is 4.57 Å². The molecule has 164 valence electrons. The molecule has 0 saturated carbocycles. The molecule has 9 heteroatoms. The first-order chi connectivity index (χ1) is 15.0. The summed E-state index contributed by atoms with van der Waals surface area (Å²) in [5.74, 6) is 0.638. The summed E-state index contributed by atoms with van der Waals surface area (Å²) >= 11 is 1.25. The van der Waals surface area contributed by atoms with Crippen LogP contribution < -0.4 is 19.0 Å². The lowest BCUT2D eigenvalue weighted by molar-refractivity contribution is -0.113. The van der Waals surface area contributed by atoms with Crippen molar-refractivity contribution >= 4 is 33.5 Å². The number of carbonyl (C=O) groups is 1. The van der Waals surface area contributed by atoms with Crippen molar-refractivity contribution < 1.29 is 28.1 Å². The minimum Gasteiger partial charge on any atom is -0.493 e. The van der Waals surface area contributed by atoms with E-state index < -0.39 is 5.91 Å². The van der Waals surface area contributed by atoms with E-state index >= 15 is 0 Å². The zero-order chi connectivity index (χ0) is 22.4. The summed E-state index contributed by atoms with van der Waals surface area (Å²) in [6.07, 6.45) is 2.97. The SMILES string of the molecule is COCCn1c(=NC(=O)C=Cc2cc(OC)c(OC)c(OC)c2)sc2cc(F)ccc21. The molecule has 7 nitrogen and oxygen atoms in total. The molecule has 31 heavy (non-hydrogen) atoms. The van der Waals surface area contributed by atoms with Crippen molar-refractivity contribution in [3.8, 4) is 17.2 Å². The summed E-state index contributed by atoms with van der Waals surface area (Å²) < 4.78 is 37.3. The second kappa shape index (κ2) is 10.2. The zero-order valence-corrected chi connectivity index (χ0v) is 18.5. The highest BCUT2D eigenvalue weighted by atomic mass is 32.1. The molecule has 2 aromatic carbocycles. The molecule has 0 atom stereocenters. The minimum absolute atomic E-state index is 0.340. The highest BCUT2D eigenvalue weighted by Gasteiger charge is 2.12. The number of amides is 1. The zero-order valence-electron chi connectivity index (χ0n) is 17.7. The third kappa shape index (κ3) is 5.12. The van der Waals surface area contributed by atoms with Gasteiger partial charge in [0.25, 0.3) is 5.91 Å². The van der Waals surface area contributed by atoms with Gasteiger partial charge < -0.3 is 23.5 Å². The summed E-state index contributed by atoms with van der Waals surface area (Å²) in [6, 6.07) is 7.94. The van der Waals surface area contributed by atoms with Crippen LogP contribution in [0.2, 0.25) is 0 Å². The fourth-order valence-electron chi connectivity index (χ4n) is 3.03. The Morgan fingerprint density at radius 2 is 1.81 bits per heavy atom. The Labute approximate surface area is 183 Å². The van der Waals surface area contributed by atoms with E-state index in [2.05, 4.69) is 4.99 Å². The van der Waals surface area contributed by atoms with Crippen molar-refractivity contribution in [2.75, 3.05) is 35.0 Å². The third-order valence-corrected chi connectivity index (χ3v) is 5.52. The number of benzene rings is 2. The summed E-state index contributed by atoms with van der Waals surface area (Å²) in [5, 5.41) is 0. The smallest absolute Gasteiger partial charge is 0.272 e. The largest absolute Gasteiger partial charge is 0.493 e. The van der Waals surface area contributed by atoms with Crippen LogP contribution in [0.4, 0.5) is 4.39 Å². The predicted octanol–water partition coefficient (Wildman–Crippen LogP) is 3.65. The number of fused-ring (bicyclic) bond motifs is 1. The van der Waals surface area contributed by atoms with E-state index in [-0.39, 0.29) is 5.82 Å². The average Bonchev–Trinajstić information content (AvgIpc) is 3.10. The van der Waals surface area contributed by atoms with Gasteiger partial charge in [-0.3, -0.25) is 4.79 Å². The van der Waals surface area contributed by atoms with Crippen LogP contribution in [-0.4, -0.2) is 45.5 Å². The average molecular weight is 447 g/mol. The Balaban J connectivity index is 1.95. The van der Waals surface area contributed by atoms with Crippen molar-refractivity contribution in [2.24, 2.45) is 4.99 Å². The van der Waals surface area contributed by atoms with Crippen LogP contribution in [0.5, 0.6) is 17.2 Å². The molecular formula is C22H23FN2O5S. The lowest BCUT2D eigenvalue weighted by atomic mass is 10.1. The molecule has 0 aliphatic rings. The normalized spacial score (nSPS) is 12.0. The lowest BCUT2D eigenvalue weighted by Gasteiger charge is -2.12. The van der Waals surface area contributed by atoms with Crippen molar-refractivity contribution in [1.29, 1.82) is 0 Å². The van der Waals surface area contributed by atoms with E-state index in [0.29, 0.717) is 45.5 Å². The molecule has 0 spiro atoms. The quantitative estimate of drug-likeness (QED) is 0.494.